The number of aryl methyl sites for hydroxylation is 2. The number of hydrogen-bond acceptors (Lipinski definition) is 3. The molecular weight excluding hydrogens is 294 g/mol. The van der Waals surface area contributed by atoms with Crippen LogP contribution in [0.2, 0.25) is 0 Å². The fourth-order valence-corrected chi connectivity index (χ4v) is 3.78. The molecule has 3 rings (SSSR count). The molecule has 1 saturated carbocycles. The maximum absolute atomic E-state index is 12.1. The minimum atomic E-state index is -0.218. The summed E-state index contributed by atoms with van der Waals surface area (Å²) in [5, 5.41) is 7.70. The highest BCUT2D eigenvalue weighted by molar-refractivity contribution is 7.15. The number of aromatic nitrogens is 1. The predicted octanol–water partition coefficient (Wildman–Crippen LogP) is 5.06. The number of urea groups is 1. The quantitative estimate of drug-likeness (QED) is 0.831. The molecule has 4 nitrogen and oxygen atoms in total. The number of carbonyl (C=O) groups is 1. The number of carbonyl (C=O) groups excluding carboxylic acids is 1. The van der Waals surface area contributed by atoms with Crippen LogP contribution in [0.5, 0.6) is 0 Å². The molecule has 1 heterocycles. The molecule has 1 aromatic carbocycles. The summed E-state index contributed by atoms with van der Waals surface area (Å²) in [5.74, 6) is 0.586. The largest absolute Gasteiger partial charge is 0.324 e. The van der Waals surface area contributed by atoms with Crippen molar-refractivity contribution in [1.29, 1.82) is 0 Å². The van der Waals surface area contributed by atoms with Gasteiger partial charge in [-0.05, 0) is 49.9 Å². The van der Waals surface area contributed by atoms with E-state index in [2.05, 4.69) is 22.5 Å². The maximum Gasteiger partial charge on any atom is 0.324 e. The smallest absolute Gasteiger partial charge is 0.308 e. The number of anilines is 2. The normalized spacial score (nSPS) is 15.0. The van der Waals surface area contributed by atoms with Gasteiger partial charge in [0.05, 0.1) is 11.2 Å². The molecule has 1 aromatic heterocycles. The van der Waals surface area contributed by atoms with Crippen molar-refractivity contribution >= 4 is 28.1 Å². The fourth-order valence-electron chi connectivity index (χ4n) is 2.80. The average Bonchev–Trinajstić information content (AvgIpc) is 3.13. The summed E-state index contributed by atoms with van der Waals surface area (Å²) in [5.41, 5.74) is 3.19. The fraction of sp³-hybridized carbons (Fsp3) is 0.412. The van der Waals surface area contributed by atoms with E-state index in [1.54, 1.807) is 17.5 Å². The first-order valence-corrected chi connectivity index (χ1v) is 8.54. The number of thiazole rings is 1. The number of amides is 2. The number of benzene rings is 1. The first-order valence-electron chi connectivity index (χ1n) is 7.73. The monoisotopic (exact) mass is 315 g/mol. The first-order chi connectivity index (χ1) is 10.6. The standard InChI is InChI=1S/C17H21N3OS/c1-11-7-8-14(9-12(11)2)19-17(21)20-15-10-18-16(22-15)13-5-3-4-6-13/h7-10,13H,3-6H2,1-2H3,(H2,19,20,21). The third-order valence-electron chi connectivity index (χ3n) is 4.23. The zero-order chi connectivity index (χ0) is 15.5. The summed E-state index contributed by atoms with van der Waals surface area (Å²) in [6.07, 6.45) is 6.79. The van der Waals surface area contributed by atoms with Crippen LogP contribution in [0.1, 0.15) is 47.7 Å². The lowest BCUT2D eigenvalue weighted by Crippen LogP contribution is -2.18. The SMILES string of the molecule is Cc1ccc(NC(=O)Nc2cnc(C3CCCC3)s2)cc1C. The van der Waals surface area contributed by atoms with Crippen LogP contribution in [-0.2, 0) is 0 Å². The molecule has 2 aromatic rings. The molecule has 0 aliphatic heterocycles. The van der Waals surface area contributed by atoms with E-state index < -0.39 is 0 Å². The molecule has 0 spiro atoms. The Hall–Kier alpha value is -1.88. The Morgan fingerprint density at radius 3 is 2.68 bits per heavy atom. The van der Waals surface area contributed by atoms with Gasteiger partial charge in [-0.1, -0.05) is 18.9 Å². The zero-order valence-electron chi connectivity index (χ0n) is 13.0. The third kappa shape index (κ3) is 3.47. The summed E-state index contributed by atoms with van der Waals surface area (Å²) in [7, 11) is 0. The molecule has 2 amide bonds. The highest BCUT2D eigenvalue weighted by Gasteiger charge is 2.20. The van der Waals surface area contributed by atoms with E-state index in [0.717, 1.165) is 15.7 Å². The van der Waals surface area contributed by atoms with Gasteiger partial charge in [-0.3, -0.25) is 5.32 Å². The van der Waals surface area contributed by atoms with Crippen molar-refractivity contribution in [2.24, 2.45) is 0 Å². The van der Waals surface area contributed by atoms with Gasteiger partial charge < -0.3 is 5.32 Å². The summed E-state index contributed by atoms with van der Waals surface area (Å²) in [6.45, 7) is 4.09. The Morgan fingerprint density at radius 1 is 1.18 bits per heavy atom. The van der Waals surface area contributed by atoms with Gasteiger partial charge in [0.2, 0.25) is 0 Å². The Bertz CT molecular complexity index is 674. The van der Waals surface area contributed by atoms with Gasteiger partial charge in [0, 0.05) is 11.6 Å². The molecule has 0 bridgehead atoms. The van der Waals surface area contributed by atoms with Crippen molar-refractivity contribution in [2.45, 2.75) is 45.4 Å². The van der Waals surface area contributed by atoms with Crippen LogP contribution in [0.3, 0.4) is 0 Å². The molecule has 116 valence electrons. The van der Waals surface area contributed by atoms with Crippen LogP contribution in [0.4, 0.5) is 15.5 Å². The van der Waals surface area contributed by atoms with Crippen LogP contribution in [0, 0.1) is 13.8 Å². The molecule has 0 unspecified atom stereocenters. The van der Waals surface area contributed by atoms with E-state index in [4.69, 9.17) is 0 Å². The van der Waals surface area contributed by atoms with Gasteiger partial charge in [-0.15, -0.1) is 11.3 Å². The molecule has 0 saturated heterocycles. The van der Waals surface area contributed by atoms with Crippen LogP contribution in [0.15, 0.2) is 24.4 Å². The van der Waals surface area contributed by atoms with Crippen molar-refractivity contribution < 1.29 is 4.79 Å². The van der Waals surface area contributed by atoms with E-state index >= 15 is 0 Å². The zero-order valence-corrected chi connectivity index (χ0v) is 13.8. The third-order valence-corrected chi connectivity index (χ3v) is 5.30. The molecule has 22 heavy (non-hydrogen) atoms. The van der Waals surface area contributed by atoms with E-state index in [-0.39, 0.29) is 6.03 Å². The molecule has 0 atom stereocenters. The molecule has 2 N–H and O–H groups in total. The van der Waals surface area contributed by atoms with Crippen LogP contribution in [-0.4, -0.2) is 11.0 Å². The summed E-state index contributed by atoms with van der Waals surface area (Å²) in [6, 6.07) is 5.68. The number of hydrogen-bond donors (Lipinski definition) is 2. The number of nitrogens with zero attached hydrogens (tertiary/aromatic N) is 1. The lowest BCUT2D eigenvalue weighted by atomic mass is 10.1. The van der Waals surface area contributed by atoms with Crippen molar-refractivity contribution in [2.75, 3.05) is 10.6 Å². The van der Waals surface area contributed by atoms with Gasteiger partial charge in [-0.25, -0.2) is 9.78 Å². The van der Waals surface area contributed by atoms with Crippen LogP contribution >= 0.6 is 11.3 Å². The van der Waals surface area contributed by atoms with Crippen molar-refractivity contribution in [3.8, 4) is 0 Å². The Balaban J connectivity index is 1.60. The Morgan fingerprint density at radius 2 is 1.95 bits per heavy atom. The lowest BCUT2D eigenvalue weighted by molar-refractivity contribution is 0.262. The van der Waals surface area contributed by atoms with Gasteiger partial charge in [0.1, 0.15) is 5.00 Å². The van der Waals surface area contributed by atoms with E-state index in [1.807, 2.05) is 25.1 Å². The van der Waals surface area contributed by atoms with Crippen molar-refractivity contribution in [3.05, 3.63) is 40.5 Å². The molecule has 1 aliphatic rings. The van der Waals surface area contributed by atoms with Gasteiger partial charge in [0.15, 0.2) is 0 Å². The molecule has 5 heteroatoms. The predicted molar refractivity (Wildman–Crippen MR) is 91.9 cm³/mol. The topological polar surface area (TPSA) is 54.0 Å². The number of nitrogens with one attached hydrogen (secondary N) is 2. The van der Waals surface area contributed by atoms with Crippen molar-refractivity contribution in [1.82, 2.24) is 4.98 Å². The minimum Gasteiger partial charge on any atom is -0.308 e. The van der Waals surface area contributed by atoms with Gasteiger partial charge >= 0.3 is 6.03 Å². The van der Waals surface area contributed by atoms with E-state index in [9.17, 15) is 4.79 Å². The Labute approximate surface area is 135 Å². The first kappa shape index (κ1) is 15.0. The summed E-state index contributed by atoms with van der Waals surface area (Å²) < 4.78 is 0. The van der Waals surface area contributed by atoms with Gasteiger partial charge in [0.25, 0.3) is 0 Å². The Kier molecular flexibility index (Phi) is 4.43. The average molecular weight is 315 g/mol. The highest BCUT2D eigenvalue weighted by Crippen LogP contribution is 2.37. The maximum atomic E-state index is 12.1. The second-order valence-electron chi connectivity index (χ2n) is 5.92. The molecule has 0 radical (unpaired) electrons. The lowest BCUT2D eigenvalue weighted by Gasteiger charge is -2.08. The molecule has 1 fully saturated rings. The molecular formula is C17H21N3OS. The highest BCUT2D eigenvalue weighted by atomic mass is 32.1. The summed E-state index contributed by atoms with van der Waals surface area (Å²) >= 11 is 1.59. The van der Waals surface area contributed by atoms with E-state index in [0.29, 0.717) is 5.92 Å². The summed E-state index contributed by atoms with van der Waals surface area (Å²) in [4.78, 5) is 16.5. The number of rotatable bonds is 3. The van der Waals surface area contributed by atoms with Crippen molar-refractivity contribution in [3.63, 3.8) is 0 Å². The van der Waals surface area contributed by atoms with Crippen LogP contribution in [0.25, 0.3) is 0 Å². The molecule has 1 aliphatic carbocycles. The minimum absolute atomic E-state index is 0.218. The second-order valence-corrected chi connectivity index (χ2v) is 6.98. The van der Waals surface area contributed by atoms with E-state index in [1.165, 1.54) is 36.8 Å². The van der Waals surface area contributed by atoms with Gasteiger partial charge in [-0.2, -0.15) is 0 Å². The van der Waals surface area contributed by atoms with Crippen LogP contribution < -0.4 is 10.6 Å². The second kappa shape index (κ2) is 6.48.